The maximum Gasteiger partial charge on any atom is 0.228 e. The van der Waals surface area contributed by atoms with Crippen molar-refractivity contribution in [2.45, 2.75) is 18.4 Å². The van der Waals surface area contributed by atoms with Gasteiger partial charge >= 0.3 is 0 Å². The Morgan fingerprint density at radius 2 is 1.76 bits per heavy atom. The minimum absolute atomic E-state index is 0.112. The van der Waals surface area contributed by atoms with Crippen molar-refractivity contribution in [3.05, 3.63) is 46.7 Å². The van der Waals surface area contributed by atoms with E-state index in [2.05, 4.69) is 0 Å². The fourth-order valence-corrected chi connectivity index (χ4v) is 2.40. The second-order valence-corrected chi connectivity index (χ2v) is 4.56. The summed E-state index contributed by atoms with van der Waals surface area (Å²) in [6.45, 7) is 0. The molecule has 0 aromatic heterocycles. The number of benzene rings is 1. The zero-order chi connectivity index (χ0) is 12.0. The fourth-order valence-electron chi connectivity index (χ4n) is 2.20. The van der Waals surface area contributed by atoms with Gasteiger partial charge in [0.25, 0.3) is 0 Å². The predicted molar refractivity (Wildman–Crippen MR) is 62.1 cm³/mol. The lowest BCUT2D eigenvalue weighted by Gasteiger charge is -2.27. The van der Waals surface area contributed by atoms with Gasteiger partial charge in [-0.15, -0.1) is 0 Å². The van der Waals surface area contributed by atoms with Crippen molar-refractivity contribution in [1.29, 1.82) is 0 Å². The molecule has 1 aromatic carbocycles. The van der Waals surface area contributed by atoms with Crippen molar-refractivity contribution >= 4 is 23.2 Å². The smallest absolute Gasteiger partial charge is 0.228 e. The van der Waals surface area contributed by atoms with Crippen LogP contribution in [0.5, 0.6) is 0 Å². The molecule has 0 radical (unpaired) electrons. The standard InChI is InChI=1S/C13H9ClO3/c14-10-6-5-9-11(15)7-3-1-2-4-8(7)12(16)13(9)17-10/h1-4,10H,5-6H2. The normalized spacial score (nSPS) is 23.0. The zero-order valence-electron chi connectivity index (χ0n) is 8.90. The first kappa shape index (κ1) is 10.5. The number of fused-ring (bicyclic) bond motifs is 1. The van der Waals surface area contributed by atoms with Crippen LogP contribution in [-0.4, -0.2) is 17.1 Å². The lowest BCUT2D eigenvalue weighted by molar-refractivity contribution is 0.0792. The number of Topliss-reactive ketones (excluding diaryl/α,β-unsaturated/α-hetero) is 2. The summed E-state index contributed by atoms with van der Waals surface area (Å²) in [5, 5.41) is 0. The van der Waals surface area contributed by atoms with Crippen LogP contribution in [0.25, 0.3) is 0 Å². The van der Waals surface area contributed by atoms with Gasteiger partial charge in [0.15, 0.2) is 17.1 Å². The second-order valence-electron chi connectivity index (χ2n) is 4.08. The van der Waals surface area contributed by atoms with E-state index in [-0.39, 0.29) is 17.3 Å². The number of rotatable bonds is 0. The summed E-state index contributed by atoms with van der Waals surface area (Å²) in [4.78, 5) is 24.3. The average Bonchev–Trinajstić information content (AvgIpc) is 2.36. The average molecular weight is 249 g/mol. The number of ether oxygens (including phenoxy) is 1. The Hall–Kier alpha value is -1.61. The first-order valence-electron chi connectivity index (χ1n) is 5.41. The quantitative estimate of drug-likeness (QED) is 0.663. The Bertz CT molecular complexity index is 560. The number of halogens is 1. The van der Waals surface area contributed by atoms with Crippen LogP contribution in [0.1, 0.15) is 33.6 Å². The molecular formula is C13H9ClO3. The third-order valence-electron chi connectivity index (χ3n) is 3.04. The first-order chi connectivity index (χ1) is 8.18. The van der Waals surface area contributed by atoms with E-state index < -0.39 is 5.56 Å². The number of hydrogen-bond acceptors (Lipinski definition) is 3. The number of carbonyl (C=O) groups excluding carboxylic acids is 2. The Balaban J connectivity index is 2.17. The van der Waals surface area contributed by atoms with Crippen LogP contribution < -0.4 is 0 Å². The van der Waals surface area contributed by atoms with Crippen molar-refractivity contribution in [2.24, 2.45) is 0 Å². The van der Waals surface area contributed by atoms with Gasteiger partial charge in [-0.3, -0.25) is 9.59 Å². The monoisotopic (exact) mass is 248 g/mol. The summed E-state index contributed by atoms with van der Waals surface area (Å²) in [5.74, 6) is -0.209. The van der Waals surface area contributed by atoms with Gasteiger partial charge in [0.1, 0.15) is 0 Å². The van der Waals surface area contributed by atoms with Crippen LogP contribution >= 0.6 is 11.6 Å². The van der Waals surface area contributed by atoms with Gasteiger partial charge < -0.3 is 4.74 Å². The van der Waals surface area contributed by atoms with E-state index in [1.165, 1.54) is 0 Å². The minimum Gasteiger partial charge on any atom is -0.470 e. The summed E-state index contributed by atoms with van der Waals surface area (Å²) in [6.07, 6.45) is 1.06. The molecule has 1 aliphatic carbocycles. The molecule has 2 aliphatic rings. The van der Waals surface area contributed by atoms with Crippen LogP contribution in [0.2, 0.25) is 0 Å². The lowest BCUT2D eigenvalue weighted by Crippen LogP contribution is -2.28. The van der Waals surface area contributed by atoms with E-state index in [1.54, 1.807) is 24.3 Å². The van der Waals surface area contributed by atoms with Crippen LogP contribution in [0, 0.1) is 0 Å². The van der Waals surface area contributed by atoms with Crippen molar-refractivity contribution in [1.82, 2.24) is 0 Å². The molecule has 1 unspecified atom stereocenters. The van der Waals surface area contributed by atoms with Gasteiger partial charge in [0.05, 0.1) is 0 Å². The predicted octanol–water partition coefficient (Wildman–Crippen LogP) is 2.70. The third kappa shape index (κ3) is 1.50. The van der Waals surface area contributed by atoms with E-state index in [4.69, 9.17) is 16.3 Å². The molecule has 0 saturated heterocycles. The number of allylic oxidation sites excluding steroid dienone is 2. The molecule has 1 atom stereocenters. The van der Waals surface area contributed by atoms with Gasteiger partial charge in [-0.2, -0.15) is 0 Å². The highest BCUT2D eigenvalue weighted by atomic mass is 35.5. The Labute approximate surface area is 103 Å². The molecule has 4 heteroatoms. The van der Waals surface area contributed by atoms with Crippen molar-refractivity contribution in [3.8, 4) is 0 Å². The summed E-state index contributed by atoms with van der Waals surface area (Å²) < 4.78 is 5.30. The van der Waals surface area contributed by atoms with Crippen LogP contribution in [-0.2, 0) is 4.74 Å². The lowest BCUT2D eigenvalue weighted by atomic mass is 9.85. The maximum absolute atomic E-state index is 12.2. The summed E-state index contributed by atoms with van der Waals surface area (Å²) in [7, 11) is 0. The highest BCUT2D eigenvalue weighted by Crippen LogP contribution is 2.34. The molecule has 1 aromatic rings. The SMILES string of the molecule is O=C1C2=C(OC(Cl)CC2)C(=O)c2ccccc21. The Kier molecular flexibility index (Phi) is 2.30. The third-order valence-corrected chi connectivity index (χ3v) is 3.35. The molecular weight excluding hydrogens is 240 g/mol. The molecule has 0 saturated carbocycles. The first-order valence-corrected chi connectivity index (χ1v) is 5.84. The molecule has 86 valence electrons. The van der Waals surface area contributed by atoms with Gasteiger partial charge in [-0.25, -0.2) is 0 Å². The van der Waals surface area contributed by atoms with Crippen molar-refractivity contribution in [3.63, 3.8) is 0 Å². The molecule has 0 fully saturated rings. The summed E-state index contributed by atoms with van der Waals surface area (Å²) >= 11 is 5.86. The van der Waals surface area contributed by atoms with Gasteiger partial charge in [0.2, 0.25) is 5.78 Å². The zero-order valence-corrected chi connectivity index (χ0v) is 9.66. The highest BCUT2D eigenvalue weighted by molar-refractivity contribution is 6.27. The molecule has 1 heterocycles. The van der Waals surface area contributed by atoms with E-state index in [9.17, 15) is 9.59 Å². The topological polar surface area (TPSA) is 43.4 Å². The van der Waals surface area contributed by atoms with Crippen LogP contribution in [0.3, 0.4) is 0 Å². The molecule has 17 heavy (non-hydrogen) atoms. The Morgan fingerprint density at radius 1 is 1.12 bits per heavy atom. The fraction of sp³-hybridized carbons (Fsp3) is 0.231. The summed E-state index contributed by atoms with van der Waals surface area (Å²) in [5.41, 5.74) is 0.816. The van der Waals surface area contributed by atoms with Crippen LogP contribution in [0.4, 0.5) is 0 Å². The minimum atomic E-state index is -0.518. The van der Waals surface area contributed by atoms with Gasteiger partial charge in [-0.05, 0) is 6.42 Å². The molecule has 3 nitrogen and oxygen atoms in total. The molecule has 0 N–H and O–H groups in total. The Morgan fingerprint density at radius 3 is 2.47 bits per heavy atom. The van der Waals surface area contributed by atoms with E-state index in [0.29, 0.717) is 29.5 Å². The second kappa shape index (κ2) is 3.70. The molecule has 0 spiro atoms. The van der Waals surface area contributed by atoms with Crippen molar-refractivity contribution in [2.75, 3.05) is 0 Å². The van der Waals surface area contributed by atoms with Gasteiger partial charge in [-0.1, -0.05) is 35.9 Å². The molecule has 3 rings (SSSR count). The number of ketones is 2. The maximum atomic E-state index is 12.2. The molecule has 0 bridgehead atoms. The number of hydrogen-bond donors (Lipinski definition) is 0. The number of carbonyl (C=O) groups is 2. The number of alkyl halides is 1. The summed E-state index contributed by atoms with van der Waals surface area (Å²) in [6, 6.07) is 6.80. The van der Waals surface area contributed by atoms with Crippen molar-refractivity contribution < 1.29 is 14.3 Å². The molecule has 0 amide bonds. The largest absolute Gasteiger partial charge is 0.470 e. The van der Waals surface area contributed by atoms with E-state index in [1.807, 2.05) is 0 Å². The highest BCUT2D eigenvalue weighted by Gasteiger charge is 2.36. The molecule has 1 aliphatic heterocycles. The van der Waals surface area contributed by atoms with E-state index in [0.717, 1.165) is 0 Å². The van der Waals surface area contributed by atoms with Gasteiger partial charge in [0, 0.05) is 23.1 Å². The van der Waals surface area contributed by atoms with E-state index >= 15 is 0 Å². The van der Waals surface area contributed by atoms with Crippen LogP contribution in [0.15, 0.2) is 35.6 Å².